The van der Waals surface area contributed by atoms with Gasteiger partial charge in [0, 0.05) is 17.1 Å². The van der Waals surface area contributed by atoms with Gasteiger partial charge >= 0.3 is 10.1 Å². The Hall–Kier alpha value is -2.13. The molecule has 0 saturated carbocycles. The molecule has 1 fully saturated rings. The summed E-state index contributed by atoms with van der Waals surface area (Å²) in [5.41, 5.74) is 1.28. The highest BCUT2D eigenvalue weighted by Crippen LogP contribution is 2.35. The Morgan fingerprint density at radius 2 is 1.93 bits per heavy atom. The van der Waals surface area contributed by atoms with Crippen LogP contribution in [0.15, 0.2) is 64.9 Å². The van der Waals surface area contributed by atoms with Crippen molar-refractivity contribution in [1.82, 2.24) is 4.90 Å². The summed E-state index contributed by atoms with van der Waals surface area (Å²) in [4.78, 5) is 14.3. The molecule has 0 N–H and O–H groups in total. The number of aryl methyl sites for hydroxylation is 1. The molecule has 0 radical (unpaired) electrons. The van der Waals surface area contributed by atoms with E-state index in [9.17, 15) is 13.2 Å². The van der Waals surface area contributed by atoms with Crippen LogP contribution in [0.3, 0.4) is 0 Å². The molecule has 3 rings (SSSR count). The average Bonchev–Trinajstić information content (AvgIpc) is 2.92. The van der Waals surface area contributed by atoms with Crippen molar-refractivity contribution in [3.63, 3.8) is 0 Å². The van der Waals surface area contributed by atoms with Crippen LogP contribution in [0.25, 0.3) is 6.08 Å². The normalized spacial score (nSPS) is 15.8. The van der Waals surface area contributed by atoms with E-state index in [4.69, 9.17) is 28.0 Å². The fraction of sp³-hybridized carbons (Fsp3) is 0.100. The molecule has 150 valence electrons. The first-order chi connectivity index (χ1) is 13.7. The van der Waals surface area contributed by atoms with Crippen LogP contribution in [0, 0.1) is 6.92 Å². The van der Waals surface area contributed by atoms with Gasteiger partial charge in [-0.05, 0) is 43.3 Å². The molecule has 1 aliphatic heterocycles. The maximum atomic E-state index is 12.7. The molecule has 0 bridgehead atoms. The summed E-state index contributed by atoms with van der Waals surface area (Å²) in [6, 6.07) is 10.8. The topological polar surface area (TPSA) is 63.7 Å². The Bertz CT molecular complexity index is 1120. The summed E-state index contributed by atoms with van der Waals surface area (Å²) < 4.78 is 31.1. The van der Waals surface area contributed by atoms with Crippen molar-refractivity contribution >= 4 is 62.0 Å². The van der Waals surface area contributed by atoms with E-state index < -0.39 is 10.1 Å². The molecule has 1 heterocycles. The van der Waals surface area contributed by atoms with Gasteiger partial charge < -0.3 is 4.18 Å². The van der Waals surface area contributed by atoms with Crippen molar-refractivity contribution in [2.45, 2.75) is 11.8 Å². The summed E-state index contributed by atoms with van der Waals surface area (Å²) >= 11 is 12.4. The predicted octanol–water partition coefficient (Wildman–Crippen LogP) is 4.80. The summed E-state index contributed by atoms with van der Waals surface area (Å²) in [7, 11) is -4.06. The number of hydrogen-bond donors (Lipinski definition) is 0. The Balaban J connectivity index is 1.97. The first kappa shape index (κ1) is 21.6. The third kappa shape index (κ3) is 4.90. The van der Waals surface area contributed by atoms with E-state index in [2.05, 4.69) is 6.58 Å². The zero-order valence-electron chi connectivity index (χ0n) is 15.3. The molecule has 2 aromatic carbocycles. The molecule has 2 aromatic rings. The number of thiocarbonyl (C=S) groups is 1. The van der Waals surface area contributed by atoms with Gasteiger partial charge in [0.1, 0.15) is 15.0 Å². The summed E-state index contributed by atoms with van der Waals surface area (Å²) in [5, 5.41) is 0.373. The second-order valence-corrected chi connectivity index (χ2v) is 9.77. The molecular formula is C20H16ClNO4S3. The highest BCUT2D eigenvalue weighted by atomic mass is 35.5. The number of nitrogens with zero attached hydrogens (tertiary/aromatic N) is 1. The minimum atomic E-state index is -4.06. The van der Waals surface area contributed by atoms with E-state index in [1.807, 2.05) is 6.92 Å². The van der Waals surface area contributed by atoms with Gasteiger partial charge in [0.15, 0.2) is 0 Å². The molecule has 0 unspecified atom stereocenters. The first-order valence-electron chi connectivity index (χ1n) is 8.38. The SMILES string of the molecule is C=CCN1C(=O)/C(=C\c2cc(Cl)ccc2OS(=O)(=O)c2ccc(C)cc2)SC1=S. The van der Waals surface area contributed by atoms with Gasteiger partial charge in [-0.15, -0.1) is 6.58 Å². The summed E-state index contributed by atoms with van der Waals surface area (Å²) in [5.74, 6) is -0.226. The quantitative estimate of drug-likeness (QED) is 0.264. The van der Waals surface area contributed by atoms with Crippen molar-refractivity contribution in [3.8, 4) is 5.75 Å². The van der Waals surface area contributed by atoms with Crippen LogP contribution in [-0.4, -0.2) is 30.1 Å². The van der Waals surface area contributed by atoms with E-state index in [-0.39, 0.29) is 16.6 Å². The number of carbonyl (C=O) groups is 1. The van der Waals surface area contributed by atoms with E-state index in [0.717, 1.165) is 17.3 Å². The van der Waals surface area contributed by atoms with Gasteiger partial charge in [0.05, 0.1) is 4.91 Å². The van der Waals surface area contributed by atoms with E-state index in [1.165, 1.54) is 41.3 Å². The van der Waals surface area contributed by atoms with Crippen LogP contribution in [0.1, 0.15) is 11.1 Å². The fourth-order valence-electron chi connectivity index (χ4n) is 2.51. The molecule has 0 aliphatic carbocycles. The van der Waals surface area contributed by atoms with Crippen LogP contribution in [0.4, 0.5) is 0 Å². The molecular weight excluding hydrogens is 450 g/mol. The maximum Gasteiger partial charge on any atom is 0.339 e. The zero-order valence-corrected chi connectivity index (χ0v) is 18.5. The second-order valence-electron chi connectivity index (χ2n) is 6.11. The number of thioether (sulfide) groups is 1. The lowest BCUT2D eigenvalue weighted by Crippen LogP contribution is -2.27. The third-order valence-corrected chi connectivity index (χ3v) is 6.81. The molecule has 0 spiro atoms. The van der Waals surface area contributed by atoms with Crippen LogP contribution in [0.5, 0.6) is 5.75 Å². The number of benzene rings is 2. The standard InChI is InChI=1S/C20H16ClNO4S3/c1-3-10-22-19(23)18(28-20(22)27)12-14-11-15(21)6-9-17(14)26-29(24,25)16-7-4-13(2)5-8-16/h3-9,11-12H,1,10H2,2H3/b18-12+. The summed E-state index contributed by atoms with van der Waals surface area (Å²) in [6.45, 7) is 5.77. The zero-order chi connectivity index (χ0) is 21.2. The minimum Gasteiger partial charge on any atom is -0.378 e. The maximum absolute atomic E-state index is 12.7. The Labute approximate surface area is 184 Å². The number of carbonyl (C=O) groups excluding carboxylic acids is 1. The van der Waals surface area contributed by atoms with Crippen molar-refractivity contribution in [1.29, 1.82) is 0 Å². The number of halogens is 1. The van der Waals surface area contributed by atoms with Crippen molar-refractivity contribution in [2.75, 3.05) is 6.54 Å². The first-order valence-corrected chi connectivity index (χ1v) is 11.4. The van der Waals surface area contributed by atoms with Gasteiger partial charge in [0.2, 0.25) is 0 Å². The Morgan fingerprint density at radius 3 is 2.59 bits per heavy atom. The largest absolute Gasteiger partial charge is 0.378 e. The molecule has 29 heavy (non-hydrogen) atoms. The molecule has 1 aliphatic rings. The molecule has 1 amide bonds. The van der Waals surface area contributed by atoms with Crippen molar-refractivity contribution in [2.24, 2.45) is 0 Å². The molecule has 0 atom stereocenters. The summed E-state index contributed by atoms with van der Waals surface area (Å²) in [6.07, 6.45) is 3.10. The fourth-order valence-corrected chi connectivity index (χ4v) is 4.91. The average molecular weight is 466 g/mol. The van der Waals surface area contributed by atoms with Gasteiger partial charge in [-0.2, -0.15) is 8.42 Å². The second kappa shape index (κ2) is 8.71. The van der Waals surface area contributed by atoms with Crippen molar-refractivity contribution < 1.29 is 17.4 Å². The molecule has 9 heteroatoms. The van der Waals surface area contributed by atoms with E-state index in [0.29, 0.717) is 26.4 Å². The van der Waals surface area contributed by atoms with E-state index >= 15 is 0 Å². The molecule has 1 saturated heterocycles. The lowest BCUT2D eigenvalue weighted by atomic mass is 10.2. The highest BCUT2D eigenvalue weighted by molar-refractivity contribution is 8.26. The highest BCUT2D eigenvalue weighted by Gasteiger charge is 2.31. The number of rotatable bonds is 6. The third-order valence-electron chi connectivity index (χ3n) is 3.95. The Kier molecular flexibility index (Phi) is 6.48. The van der Waals surface area contributed by atoms with Crippen LogP contribution < -0.4 is 4.18 Å². The number of hydrogen-bond acceptors (Lipinski definition) is 6. The van der Waals surface area contributed by atoms with Gasteiger partial charge in [-0.1, -0.05) is 59.4 Å². The molecule has 0 aromatic heterocycles. The smallest absolute Gasteiger partial charge is 0.339 e. The van der Waals surface area contributed by atoms with Gasteiger partial charge in [0.25, 0.3) is 5.91 Å². The van der Waals surface area contributed by atoms with Crippen LogP contribution in [0.2, 0.25) is 5.02 Å². The van der Waals surface area contributed by atoms with E-state index in [1.54, 1.807) is 18.2 Å². The lowest BCUT2D eigenvalue weighted by Gasteiger charge is -2.11. The van der Waals surface area contributed by atoms with Gasteiger partial charge in [-0.25, -0.2) is 0 Å². The monoisotopic (exact) mass is 465 g/mol. The predicted molar refractivity (Wildman–Crippen MR) is 121 cm³/mol. The van der Waals surface area contributed by atoms with Crippen LogP contribution in [-0.2, 0) is 14.9 Å². The minimum absolute atomic E-state index is 0.0290. The van der Waals surface area contributed by atoms with Crippen molar-refractivity contribution in [3.05, 3.63) is 76.2 Å². The Morgan fingerprint density at radius 1 is 1.24 bits per heavy atom. The van der Waals surface area contributed by atoms with Crippen LogP contribution >= 0.6 is 35.6 Å². The molecule has 5 nitrogen and oxygen atoms in total. The van der Waals surface area contributed by atoms with Gasteiger partial charge in [-0.3, -0.25) is 9.69 Å². The number of amides is 1. The lowest BCUT2D eigenvalue weighted by molar-refractivity contribution is -0.121.